The van der Waals surface area contributed by atoms with Crippen molar-refractivity contribution in [2.24, 2.45) is 5.92 Å². The number of rotatable bonds is 7. The third-order valence-corrected chi connectivity index (χ3v) is 6.71. The van der Waals surface area contributed by atoms with Gasteiger partial charge in [-0.15, -0.1) is 0 Å². The average Bonchev–Trinajstić information content (AvgIpc) is 2.98. The highest BCUT2D eigenvalue weighted by Gasteiger charge is 2.57. The van der Waals surface area contributed by atoms with Gasteiger partial charge in [0.05, 0.1) is 51.0 Å². The third-order valence-electron chi connectivity index (χ3n) is 6.71. The molecule has 3 aliphatic rings. The lowest BCUT2D eigenvalue weighted by Crippen LogP contribution is -2.47. The topological polar surface area (TPSA) is 71.6 Å². The van der Waals surface area contributed by atoms with E-state index in [1.54, 1.807) is 0 Å². The minimum Gasteiger partial charge on any atom is -0.494 e. The van der Waals surface area contributed by atoms with Crippen LogP contribution < -0.4 is 4.74 Å². The van der Waals surface area contributed by atoms with E-state index >= 15 is 0 Å². The van der Waals surface area contributed by atoms with Crippen molar-refractivity contribution in [2.75, 3.05) is 72.4 Å². The van der Waals surface area contributed by atoms with Crippen LogP contribution in [0.1, 0.15) is 19.4 Å². The zero-order valence-electron chi connectivity index (χ0n) is 18.5. The molecular weight excluding hydrogens is 398 g/mol. The molecular formula is C23H33N3O5. The number of carbonyl (C=O) groups excluding carboxylic acids is 2. The number of morpholine rings is 2. The summed E-state index contributed by atoms with van der Waals surface area (Å²) in [6, 6.07) is 7.64. The van der Waals surface area contributed by atoms with Crippen LogP contribution in [0.4, 0.5) is 0 Å². The van der Waals surface area contributed by atoms with E-state index < -0.39 is 11.3 Å². The lowest BCUT2D eigenvalue weighted by molar-refractivity contribution is -0.143. The van der Waals surface area contributed by atoms with Crippen molar-refractivity contribution < 1.29 is 23.8 Å². The minimum atomic E-state index is -0.910. The second-order valence-electron chi connectivity index (χ2n) is 8.57. The zero-order chi connectivity index (χ0) is 21.8. The van der Waals surface area contributed by atoms with Gasteiger partial charge < -0.3 is 14.2 Å². The van der Waals surface area contributed by atoms with Crippen molar-refractivity contribution in [3.63, 3.8) is 0 Å². The van der Waals surface area contributed by atoms with Gasteiger partial charge in [-0.3, -0.25) is 24.3 Å². The van der Waals surface area contributed by atoms with Gasteiger partial charge in [0.15, 0.2) is 0 Å². The van der Waals surface area contributed by atoms with Gasteiger partial charge in [-0.1, -0.05) is 12.1 Å². The summed E-state index contributed by atoms with van der Waals surface area (Å²) in [5, 5.41) is 0. The molecule has 3 saturated heterocycles. The first-order valence-electron chi connectivity index (χ1n) is 11.2. The van der Waals surface area contributed by atoms with E-state index in [1.165, 1.54) is 4.90 Å². The highest BCUT2D eigenvalue weighted by atomic mass is 16.5. The predicted octanol–water partition coefficient (Wildman–Crippen LogP) is 0.950. The van der Waals surface area contributed by atoms with Crippen molar-refractivity contribution in [2.45, 2.75) is 19.3 Å². The minimum absolute atomic E-state index is 0.0839. The molecule has 31 heavy (non-hydrogen) atoms. The fraction of sp³-hybridized carbons (Fsp3) is 0.652. The molecule has 0 spiro atoms. The van der Waals surface area contributed by atoms with E-state index in [1.807, 2.05) is 38.1 Å². The van der Waals surface area contributed by atoms with Crippen molar-refractivity contribution in [1.82, 2.24) is 14.7 Å². The maximum atomic E-state index is 13.7. The highest BCUT2D eigenvalue weighted by molar-refractivity contribution is 6.10. The molecule has 3 aliphatic heterocycles. The van der Waals surface area contributed by atoms with E-state index in [-0.39, 0.29) is 11.8 Å². The van der Waals surface area contributed by atoms with Crippen LogP contribution in [0.2, 0.25) is 0 Å². The smallest absolute Gasteiger partial charge is 0.241 e. The quantitative estimate of drug-likeness (QED) is 0.596. The van der Waals surface area contributed by atoms with Gasteiger partial charge in [-0.2, -0.15) is 0 Å². The van der Waals surface area contributed by atoms with E-state index in [2.05, 4.69) is 9.80 Å². The molecule has 2 unspecified atom stereocenters. The van der Waals surface area contributed by atoms with Crippen molar-refractivity contribution in [3.8, 4) is 5.75 Å². The van der Waals surface area contributed by atoms with Gasteiger partial charge in [0.2, 0.25) is 11.8 Å². The van der Waals surface area contributed by atoms with E-state index in [0.29, 0.717) is 46.2 Å². The standard InChI is InChI=1S/C23H33N3O5/c1-3-31-19-6-4-18(5-7-19)23(2)20(16-24-8-12-29-13-9-24)21(27)26(22(23)28)17-25-10-14-30-15-11-25/h4-7,20H,3,8-17H2,1-2H3. The number of ether oxygens (including phenoxy) is 3. The summed E-state index contributed by atoms with van der Waals surface area (Å²) in [6.07, 6.45) is 0. The summed E-state index contributed by atoms with van der Waals surface area (Å²) in [6.45, 7) is 10.9. The van der Waals surface area contributed by atoms with Crippen LogP contribution in [0.25, 0.3) is 0 Å². The number of nitrogens with zero attached hydrogens (tertiary/aromatic N) is 3. The molecule has 8 heteroatoms. The van der Waals surface area contributed by atoms with E-state index in [4.69, 9.17) is 14.2 Å². The molecule has 3 heterocycles. The number of amides is 2. The summed E-state index contributed by atoms with van der Waals surface area (Å²) in [5.41, 5.74) is -0.0519. The van der Waals surface area contributed by atoms with E-state index in [9.17, 15) is 9.59 Å². The van der Waals surface area contributed by atoms with Gasteiger partial charge in [-0.05, 0) is 31.5 Å². The molecule has 1 aromatic rings. The molecule has 0 N–H and O–H groups in total. The number of benzene rings is 1. The second-order valence-corrected chi connectivity index (χ2v) is 8.57. The summed E-state index contributed by atoms with van der Waals surface area (Å²) in [7, 11) is 0. The summed E-state index contributed by atoms with van der Waals surface area (Å²) in [5.74, 6) is 0.129. The number of imide groups is 1. The molecule has 2 amide bonds. The Labute approximate surface area is 184 Å². The number of hydrogen-bond acceptors (Lipinski definition) is 7. The Morgan fingerprint density at radius 1 is 0.968 bits per heavy atom. The molecule has 3 fully saturated rings. The Morgan fingerprint density at radius 3 is 2.13 bits per heavy atom. The Morgan fingerprint density at radius 2 is 1.55 bits per heavy atom. The van der Waals surface area contributed by atoms with E-state index in [0.717, 1.165) is 37.5 Å². The molecule has 8 nitrogen and oxygen atoms in total. The van der Waals surface area contributed by atoms with Crippen molar-refractivity contribution >= 4 is 11.8 Å². The lowest BCUT2D eigenvalue weighted by atomic mass is 9.73. The zero-order valence-corrected chi connectivity index (χ0v) is 18.5. The van der Waals surface area contributed by atoms with Crippen LogP contribution in [0, 0.1) is 5.92 Å². The molecule has 2 atom stereocenters. The summed E-state index contributed by atoms with van der Waals surface area (Å²) in [4.78, 5) is 33.2. The fourth-order valence-electron chi connectivity index (χ4n) is 4.73. The van der Waals surface area contributed by atoms with Gasteiger partial charge >= 0.3 is 0 Å². The van der Waals surface area contributed by atoms with Crippen LogP contribution in [-0.2, 0) is 24.5 Å². The maximum absolute atomic E-state index is 13.7. The fourth-order valence-corrected chi connectivity index (χ4v) is 4.73. The number of carbonyl (C=O) groups is 2. The first-order chi connectivity index (χ1) is 15.0. The van der Waals surface area contributed by atoms with Gasteiger partial charge in [0.1, 0.15) is 5.75 Å². The summed E-state index contributed by atoms with van der Waals surface area (Å²) < 4.78 is 16.5. The van der Waals surface area contributed by atoms with Crippen molar-refractivity contribution in [1.29, 1.82) is 0 Å². The summed E-state index contributed by atoms with van der Waals surface area (Å²) >= 11 is 0. The average molecular weight is 432 g/mol. The Balaban J connectivity index is 1.62. The second kappa shape index (κ2) is 9.65. The molecule has 0 saturated carbocycles. The first kappa shape index (κ1) is 22.2. The predicted molar refractivity (Wildman–Crippen MR) is 115 cm³/mol. The van der Waals surface area contributed by atoms with Gasteiger partial charge in [-0.25, -0.2) is 0 Å². The Bertz CT molecular complexity index is 774. The van der Waals surface area contributed by atoms with Crippen LogP contribution >= 0.6 is 0 Å². The maximum Gasteiger partial charge on any atom is 0.241 e. The SMILES string of the molecule is CCOc1ccc(C2(C)C(=O)N(CN3CCOCC3)C(=O)C2CN2CCOCC2)cc1. The molecule has 0 aromatic heterocycles. The van der Waals surface area contributed by atoms with Crippen LogP contribution in [0.15, 0.2) is 24.3 Å². The Kier molecular flexibility index (Phi) is 6.91. The third kappa shape index (κ3) is 4.48. The molecule has 0 bridgehead atoms. The number of likely N-dealkylation sites (tertiary alicyclic amines) is 1. The molecule has 1 aromatic carbocycles. The van der Waals surface area contributed by atoms with Crippen LogP contribution in [0.5, 0.6) is 5.75 Å². The monoisotopic (exact) mass is 431 g/mol. The molecule has 170 valence electrons. The molecule has 0 aliphatic carbocycles. The highest BCUT2D eigenvalue weighted by Crippen LogP contribution is 2.42. The Hall–Kier alpha value is -2.00. The molecule has 4 rings (SSSR count). The number of hydrogen-bond donors (Lipinski definition) is 0. The van der Waals surface area contributed by atoms with Crippen molar-refractivity contribution in [3.05, 3.63) is 29.8 Å². The van der Waals surface area contributed by atoms with Gasteiger partial charge in [0, 0.05) is 32.7 Å². The van der Waals surface area contributed by atoms with Crippen LogP contribution in [0.3, 0.4) is 0 Å². The largest absolute Gasteiger partial charge is 0.494 e. The lowest BCUT2D eigenvalue weighted by Gasteiger charge is -2.34. The molecule has 0 radical (unpaired) electrons. The normalized spacial score (nSPS) is 28.3. The van der Waals surface area contributed by atoms with Crippen LogP contribution in [-0.4, -0.2) is 98.9 Å². The first-order valence-corrected chi connectivity index (χ1v) is 11.2. The van der Waals surface area contributed by atoms with Gasteiger partial charge in [0.25, 0.3) is 0 Å².